The number of ether oxygens (including phenoxy) is 1. The molecular formula is C16H18N2O3S. The molecule has 2 aromatic heterocycles. The van der Waals surface area contributed by atoms with Crippen molar-refractivity contribution in [3.05, 3.63) is 18.1 Å². The fourth-order valence-electron chi connectivity index (χ4n) is 4.18. The summed E-state index contributed by atoms with van der Waals surface area (Å²) >= 11 is 1.68. The lowest BCUT2D eigenvalue weighted by molar-refractivity contribution is -0.105. The third-order valence-electron chi connectivity index (χ3n) is 5.81. The summed E-state index contributed by atoms with van der Waals surface area (Å²) in [5.74, 6) is 3.13. The van der Waals surface area contributed by atoms with Crippen LogP contribution >= 0.6 is 11.8 Å². The molecule has 0 radical (unpaired) electrons. The van der Waals surface area contributed by atoms with Gasteiger partial charge in [-0.25, -0.2) is 0 Å². The molecule has 6 heteroatoms. The lowest BCUT2D eigenvalue weighted by atomic mass is 9.69. The monoisotopic (exact) mass is 318 g/mol. The molecule has 1 spiro atoms. The van der Waals surface area contributed by atoms with E-state index < -0.39 is 0 Å². The number of aryl methyl sites for hydroxylation is 1. The summed E-state index contributed by atoms with van der Waals surface area (Å²) in [6, 6.07) is 1.86. The molecule has 5 nitrogen and oxygen atoms in total. The van der Waals surface area contributed by atoms with Gasteiger partial charge >= 0.3 is 0 Å². The first-order chi connectivity index (χ1) is 10.7. The summed E-state index contributed by atoms with van der Waals surface area (Å²) in [5, 5.41) is 8.97. The summed E-state index contributed by atoms with van der Waals surface area (Å²) in [6.07, 6.45) is 6.72. The Morgan fingerprint density at radius 2 is 2.27 bits per heavy atom. The predicted molar refractivity (Wildman–Crippen MR) is 80.5 cm³/mol. The van der Waals surface area contributed by atoms with Crippen molar-refractivity contribution in [2.45, 2.75) is 43.4 Å². The first kappa shape index (κ1) is 13.2. The Morgan fingerprint density at radius 3 is 2.95 bits per heavy atom. The quantitative estimate of drug-likeness (QED) is 0.801. The minimum absolute atomic E-state index is 0.175. The highest BCUT2D eigenvalue weighted by Crippen LogP contribution is 2.72. The molecule has 1 saturated heterocycles. The van der Waals surface area contributed by atoms with Gasteiger partial charge in [0.1, 0.15) is 5.76 Å². The van der Waals surface area contributed by atoms with Crippen LogP contribution in [0.25, 0.3) is 11.5 Å². The number of aromatic nitrogens is 2. The predicted octanol–water partition coefficient (Wildman–Crippen LogP) is 3.69. The van der Waals surface area contributed by atoms with Crippen LogP contribution < -0.4 is 0 Å². The maximum Gasteiger partial charge on any atom is 0.276 e. The summed E-state index contributed by atoms with van der Waals surface area (Å²) < 4.78 is 17.2. The van der Waals surface area contributed by atoms with E-state index in [0.717, 1.165) is 29.6 Å². The number of hydrogen-bond donors (Lipinski definition) is 0. The molecule has 2 saturated carbocycles. The van der Waals surface area contributed by atoms with Crippen LogP contribution in [-0.4, -0.2) is 28.2 Å². The maximum atomic E-state index is 6.12. The van der Waals surface area contributed by atoms with Crippen molar-refractivity contribution in [1.29, 1.82) is 0 Å². The van der Waals surface area contributed by atoms with Crippen molar-refractivity contribution in [3.63, 3.8) is 0 Å². The Morgan fingerprint density at radius 1 is 1.36 bits per heavy atom. The SMILES string of the molecule is Cc1occc1-c1nnc(SC[C@]23C[C@H]2COC32CCC2)o1. The van der Waals surface area contributed by atoms with Gasteiger partial charge in [0.2, 0.25) is 0 Å². The Hall–Kier alpha value is -1.27. The topological polar surface area (TPSA) is 61.3 Å². The largest absolute Gasteiger partial charge is 0.469 e. The fourth-order valence-corrected chi connectivity index (χ4v) is 5.42. The molecule has 0 unspecified atom stereocenters. The van der Waals surface area contributed by atoms with Gasteiger partial charge < -0.3 is 13.6 Å². The first-order valence-electron chi connectivity index (χ1n) is 7.87. The van der Waals surface area contributed by atoms with Crippen LogP contribution in [-0.2, 0) is 4.74 Å². The van der Waals surface area contributed by atoms with Gasteiger partial charge in [-0.15, -0.1) is 10.2 Å². The third kappa shape index (κ3) is 1.65. The average molecular weight is 318 g/mol. The summed E-state index contributed by atoms with van der Waals surface area (Å²) in [6.45, 7) is 2.85. The van der Waals surface area contributed by atoms with Gasteiger partial charge in [0.25, 0.3) is 11.1 Å². The lowest BCUT2D eigenvalue weighted by Crippen LogP contribution is -2.47. The maximum absolute atomic E-state index is 6.12. The van der Waals surface area contributed by atoms with E-state index in [4.69, 9.17) is 13.6 Å². The van der Waals surface area contributed by atoms with E-state index in [9.17, 15) is 0 Å². The zero-order valence-corrected chi connectivity index (χ0v) is 13.3. The molecule has 5 rings (SSSR count). The fraction of sp³-hybridized carbons (Fsp3) is 0.625. The van der Waals surface area contributed by atoms with Gasteiger partial charge in [0, 0.05) is 11.2 Å². The minimum Gasteiger partial charge on any atom is -0.469 e. The van der Waals surface area contributed by atoms with Crippen molar-refractivity contribution in [1.82, 2.24) is 10.2 Å². The molecule has 3 aliphatic rings. The second-order valence-electron chi connectivity index (χ2n) is 6.77. The average Bonchev–Trinajstić information content (AvgIpc) is 2.88. The number of furan rings is 1. The van der Waals surface area contributed by atoms with E-state index >= 15 is 0 Å². The minimum atomic E-state index is 0.175. The van der Waals surface area contributed by atoms with Gasteiger partial charge in [0.15, 0.2) is 0 Å². The van der Waals surface area contributed by atoms with Crippen LogP contribution in [0.1, 0.15) is 31.4 Å². The molecule has 3 fully saturated rings. The molecule has 1 aliphatic heterocycles. The van der Waals surface area contributed by atoms with Crippen LogP contribution in [0, 0.1) is 18.3 Å². The highest BCUT2D eigenvalue weighted by atomic mass is 32.2. The van der Waals surface area contributed by atoms with Crippen LogP contribution in [0.3, 0.4) is 0 Å². The van der Waals surface area contributed by atoms with Crippen LogP contribution in [0.5, 0.6) is 0 Å². The number of hydrogen-bond acceptors (Lipinski definition) is 6. The number of fused-ring (bicyclic) bond motifs is 2. The van der Waals surface area contributed by atoms with E-state index in [0.29, 0.717) is 16.5 Å². The van der Waals surface area contributed by atoms with Crippen molar-refractivity contribution >= 4 is 11.8 Å². The highest BCUT2D eigenvalue weighted by Gasteiger charge is 2.73. The Bertz CT molecular complexity index is 721. The van der Waals surface area contributed by atoms with Crippen LogP contribution in [0.2, 0.25) is 0 Å². The normalized spacial score (nSPS) is 31.2. The van der Waals surface area contributed by atoms with Gasteiger partial charge in [-0.3, -0.25) is 0 Å². The van der Waals surface area contributed by atoms with Crippen molar-refractivity contribution in [2.24, 2.45) is 11.3 Å². The van der Waals surface area contributed by atoms with Crippen molar-refractivity contribution < 1.29 is 13.6 Å². The third-order valence-corrected chi connectivity index (χ3v) is 6.88. The highest BCUT2D eigenvalue weighted by molar-refractivity contribution is 7.99. The van der Waals surface area contributed by atoms with E-state index in [2.05, 4.69) is 10.2 Å². The molecule has 2 aliphatic carbocycles. The van der Waals surface area contributed by atoms with Crippen molar-refractivity contribution in [3.8, 4) is 11.5 Å². The summed E-state index contributed by atoms with van der Waals surface area (Å²) in [7, 11) is 0. The number of thioether (sulfide) groups is 1. The molecule has 3 heterocycles. The zero-order valence-electron chi connectivity index (χ0n) is 12.5. The number of rotatable bonds is 4. The van der Waals surface area contributed by atoms with Crippen LogP contribution in [0.15, 0.2) is 26.4 Å². The number of nitrogens with zero attached hydrogens (tertiary/aromatic N) is 2. The van der Waals surface area contributed by atoms with E-state index in [1.54, 1.807) is 18.0 Å². The van der Waals surface area contributed by atoms with Gasteiger partial charge in [-0.05, 0) is 44.6 Å². The Labute approximate surface area is 132 Å². The van der Waals surface area contributed by atoms with Gasteiger partial charge in [-0.2, -0.15) is 0 Å². The molecular weight excluding hydrogens is 300 g/mol. The molecule has 0 N–H and O–H groups in total. The lowest BCUT2D eigenvalue weighted by Gasteiger charge is -2.45. The van der Waals surface area contributed by atoms with E-state index in [1.165, 1.54) is 25.7 Å². The molecule has 2 atom stereocenters. The Balaban J connectivity index is 1.32. The van der Waals surface area contributed by atoms with Crippen LogP contribution in [0.4, 0.5) is 0 Å². The van der Waals surface area contributed by atoms with Gasteiger partial charge in [-0.1, -0.05) is 11.8 Å². The second kappa shape index (κ2) is 4.38. The standard InChI is InChI=1S/C16H18N2O3S/c1-10-12(3-6-19-10)13-17-18-14(21-13)22-9-15-7-11(15)8-20-16(15)4-2-5-16/h3,6,11H,2,4-5,7-9H2,1H3/t11-,15+/m0/s1. The molecule has 2 aromatic rings. The van der Waals surface area contributed by atoms with E-state index in [-0.39, 0.29) is 5.60 Å². The molecule has 0 bridgehead atoms. The van der Waals surface area contributed by atoms with Gasteiger partial charge in [0.05, 0.1) is 24.0 Å². The molecule has 0 aromatic carbocycles. The molecule has 0 amide bonds. The summed E-state index contributed by atoms with van der Waals surface area (Å²) in [5.41, 5.74) is 1.42. The first-order valence-corrected chi connectivity index (χ1v) is 8.86. The zero-order chi connectivity index (χ0) is 14.8. The van der Waals surface area contributed by atoms with E-state index in [1.807, 2.05) is 13.0 Å². The molecule has 22 heavy (non-hydrogen) atoms. The smallest absolute Gasteiger partial charge is 0.276 e. The van der Waals surface area contributed by atoms with Crippen molar-refractivity contribution in [2.75, 3.05) is 12.4 Å². The molecule has 116 valence electrons. The summed E-state index contributed by atoms with van der Waals surface area (Å²) in [4.78, 5) is 0. The second-order valence-corrected chi connectivity index (χ2v) is 7.69. The Kier molecular flexibility index (Phi) is 2.63.